The monoisotopic (exact) mass is 366 g/mol. The standard InChI is InChI=1S/C15H20F2N2O4.ClH/c1-19(10-4-5-18-8-10)14(20)9-6-11(21-2)13(23-15(16)17)12(7-9)22-3;/h6-7,10,15,18H,4-5,8H2,1-3H3;1H. The fourth-order valence-electron chi connectivity index (χ4n) is 2.55. The van der Waals surface area contributed by atoms with Crippen molar-refractivity contribution in [2.75, 3.05) is 34.4 Å². The molecule has 2 rings (SSSR count). The molecule has 0 radical (unpaired) electrons. The van der Waals surface area contributed by atoms with Crippen LogP contribution in [-0.4, -0.2) is 57.8 Å². The van der Waals surface area contributed by atoms with Gasteiger partial charge in [0.15, 0.2) is 11.5 Å². The van der Waals surface area contributed by atoms with Crippen LogP contribution in [0.25, 0.3) is 0 Å². The lowest BCUT2D eigenvalue weighted by Crippen LogP contribution is -2.38. The van der Waals surface area contributed by atoms with Gasteiger partial charge in [-0.05, 0) is 25.1 Å². The second-order valence-corrected chi connectivity index (χ2v) is 5.15. The number of ether oxygens (including phenoxy) is 3. The third-order valence-electron chi connectivity index (χ3n) is 3.82. The Morgan fingerprint density at radius 1 is 1.29 bits per heavy atom. The molecule has 1 aliphatic heterocycles. The topological polar surface area (TPSA) is 60.0 Å². The van der Waals surface area contributed by atoms with Crippen LogP contribution in [-0.2, 0) is 0 Å². The van der Waals surface area contributed by atoms with Gasteiger partial charge >= 0.3 is 6.61 Å². The van der Waals surface area contributed by atoms with Crippen molar-refractivity contribution < 1.29 is 27.8 Å². The number of rotatable bonds is 6. The second-order valence-electron chi connectivity index (χ2n) is 5.15. The van der Waals surface area contributed by atoms with E-state index in [4.69, 9.17) is 9.47 Å². The molecule has 1 aromatic rings. The van der Waals surface area contributed by atoms with Gasteiger partial charge in [-0.25, -0.2) is 0 Å². The zero-order valence-electron chi connectivity index (χ0n) is 13.7. The summed E-state index contributed by atoms with van der Waals surface area (Å²) < 4.78 is 39.6. The molecular formula is C15H21ClF2N2O4. The van der Waals surface area contributed by atoms with Gasteiger partial charge in [0.05, 0.1) is 14.2 Å². The average molecular weight is 367 g/mol. The number of nitrogens with one attached hydrogen (secondary N) is 1. The Balaban J connectivity index is 0.00000288. The summed E-state index contributed by atoms with van der Waals surface area (Å²) >= 11 is 0. The number of hydrogen-bond acceptors (Lipinski definition) is 5. The highest BCUT2D eigenvalue weighted by Crippen LogP contribution is 2.39. The van der Waals surface area contributed by atoms with Crippen LogP contribution in [0.1, 0.15) is 16.8 Å². The van der Waals surface area contributed by atoms with Crippen LogP contribution in [0.2, 0.25) is 0 Å². The number of methoxy groups -OCH3 is 2. The molecule has 1 heterocycles. The lowest BCUT2D eigenvalue weighted by molar-refractivity contribution is -0.0526. The Bertz CT molecular complexity index is 543. The fourth-order valence-corrected chi connectivity index (χ4v) is 2.55. The maximum Gasteiger partial charge on any atom is 0.387 e. The zero-order chi connectivity index (χ0) is 17.0. The summed E-state index contributed by atoms with van der Waals surface area (Å²) in [7, 11) is 4.33. The molecule has 1 unspecified atom stereocenters. The molecule has 1 N–H and O–H groups in total. The first kappa shape index (κ1) is 20.2. The molecule has 1 saturated heterocycles. The first-order valence-corrected chi connectivity index (χ1v) is 7.16. The van der Waals surface area contributed by atoms with Gasteiger partial charge in [-0.15, -0.1) is 12.4 Å². The maximum atomic E-state index is 12.6. The lowest BCUT2D eigenvalue weighted by Gasteiger charge is -2.24. The van der Waals surface area contributed by atoms with Crippen LogP contribution in [0.5, 0.6) is 17.2 Å². The molecule has 1 atom stereocenters. The van der Waals surface area contributed by atoms with Gasteiger partial charge in [-0.2, -0.15) is 8.78 Å². The van der Waals surface area contributed by atoms with E-state index in [-0.39, 0.29) is 47.2 Å². The smallest absolute Gasteiger partial charge is 0.387 e. The van der Waals surface area contributed by atoms with E-state index in [1.807, 2.05) is 0 Å². The molecule has 0 spiro atoms. The van der Waals surface area contributed by atoms with Crippen LogP contribution in [0.3, 0.4) is 0 Å². The maximum absolute atomic E-state index is 12.6. The van der Waals surface area contributed by atoms with Crippen molar-refractivity contribution in [1.29, 1.82) is 0 Å². The molecule has 1 aromatic carbocycles. The van der Waals surface area contributed by atoms with Crippen molar-refractivity contribution in [1.82, 2.24) is 10.2 Å². The molecule has 1 aliphatic rings. The Morgan fingerprint density at radius 3 is 2.29 bits per heavy atom. The Morgan fingerprint density at radius 2 is 1.88 bits per heavy atom. The molecular weight excluding hydrogens is 346 g/mol. The van der Waals surface area contributed by atoms with Gasteiger partial charge in [0.25, 0.3) is 5.91 Å². The average Bonchev–Trinajstić information content (AvgIpc) is 3.07. The normalized spacial score (nSPS) is 16.5. The van der Waals surface area contributed by atoms with Gasteiger partial charge in [0.2, 0.25) is 5.75 Å². The zero-order valence-corrected chi connectivity index (χ0v) is 14.5. The van der Waals surface area contributed by atoms with Crippen molar-refractivity contribution in [3.8, 4) is 17.2 Å². The molecule has 0 saturated carbocycles. The van der Waals surface area contributed by atoms with Gasteiger partial charge in [0, 0.05) is 25.2 Å². The van der Waals surface area contributed by atoms with E-state index in [0.717, 1.165) is 19.5 Å². The predicted molar refractivity (Wildman–Crippen MR) is 86.8 cm³/mol. The molecule has 24 heavy (non-hydrogen) atoms. The van der Waals surface area contributed by atoms with E-state index >= 15 is 0 Å². The third-order valence-corrected chi connectivity index (χ3v) is 3.82. The molecule has 1 amide bonds. The number of benzene rings is 1. The summed E-state index contributed by atoms with van der Waals surface area (Å²) in [5, 5.41) is 3.19. The Labute approximate surface area is 145 Å². The minimum Gasteiger partial charge on any atom is -0.493 e. The molecule has 136 valence electrons. The molecule has 9 heteroatoms. The summed E-state index contributed by atoms with van der Waals surface area (Å²) in [5.41, 5.74) is 0.287. The minimum atomic E-state index is -3.02. The molecule has 0 bridgehead atoms. The fraction of sp³-hybridized carbons (Fsp3) is 0.533. The minimum absolute atomic E-state index is 0. The summed E-state index contributed by atoms with van der Waals surface area (Å²) in [5.74, 6) is -0.428. The summed E-state index contributed by atoms with van der Waals surface area (Å²) in [4.78, 5) is 14.2. The van der Waals surface area contributed by atoms with Crippen molar-refractivity contribution in [2.24, 2.45) is 0 Å². The highest BCUT2D eigenvalue weighted by molar-refractivity contribution is 5.95. The summed E-state index contributed by atoms with van der Waals surface area (Å²) in [6, 6.07) is 2.85. The number of carbonyl (C=O) groups excluding carboxylic acids is 1. The van der Waals surface area contributed by atoms with Gasteiger partial charge < -0.3 is 24.4 Å². The number of hydrogen-bond donors (Lipinski definition) is 1. The van der Waals surface area contributed by atoms with Crippen LogP contribution in [0, 0.1) is 0 Å². The van der Waals surface area contributed by atoms with E-state index in [2.05, 4.69) is 10.1 Å². The highest BCUT2D eigenvalue weighted by atomic mass is 35.5. The second kappa shape index (κ2) is 8.89. The number of amides is 1. The third kappa shape index (κ3) is 4.39. The Hall–Kier alpha value is -1.80. The van der Waals surface area contributed by atoms with Gasteiger partial charge in [0.1, 0.15) is 0 Å². The molecule has 6 nitrogen and oxygen atoms in total. The van der Waals surface area contributed by atoms with Crippen LogP contribution >= 0.6 is 12.4 Å². The van der Waals surface area contributed by atoms with E-state index < -0.39 is 6.61 Å². The van der Waals surface area contributed by atoms with E-state index in [9.17, 15) is 13.6 Å². The van der Waals surface area contributed by atoms with Crippen LogP contribution < -0.4 is 19.5 Å². The van der Waals surface area contributed by atoms with E-state index in [0.29, 0.717) is 0 Å². The number of likely N-dealkylation sites (N-methyl/N-ethyl adjacent to an activating group) is 1. The summed E-state index contributed by atoms with van der Waals surface area (Å²) in [6.07, 6.45) is 0.864. The van der Waals surface area contributed by atoms with Crippen molar-refractivity contribution >= 4 is 18.3 Å². The van der Waals surface area contributed by atoms with E-state index in [1.165, 1.54) is 26.4 Å². The SMILES string of the molecule is COc1cc(C(=O)N(C)C2CCNC2)cc(OC)c1OC(F)F.Cl. The predicted octanol–water partition coefficient (Wildman–Crippen LogP) is 2.16. The van der Waals surface area contributed by atoms with Gasteiger partial charge in [-0.1, -0.05) is 0 Å². The van der Waals surface area contributed by atoms with Crippen molar-refractivity contribution in [3.63, 3.8) is 0 Å². The molecule has 1 fully saturated rings. The highest BCUT2D eigenvalue weighted by Gasteiger charge is 2.26. The Kier molecular flexibility index (Phi) is 7.50. The van der Waals surface area contributed by atoms with E-state index in [1.54, 1.807) is 11.9 Å². The number of alkyl halides is 2. The van der Waals surface area contributed by atoms with Gasteiger partial charge in [-0.3, -0.25) is 4.79 Å². The number of carbonyl (C=O) groups is 1. The molecule has 0 aliphatic carbocycles. The lowest BCUT2D eigenvalue weighted by atomic mass is 10.1. The van der Waals surface area contributed by atoms with Crippen molar-refractivity contribution in [3.05, 3.63) is 17.7 Å². The summed E-state index contributed by atoms with van der Waals surface area (Å²) in [6.45, 7) is -1.44. The van der Waals surface area contributed by atoms with Crippen molar-refractivity contribution in [2.45, 2.75) is 19.1 Å². The first-order valence-electron chi connectivity index (χ1n) is 7.16. The first-order chi connectivity index (χ1) is 11.0. The van der Waals surface area contributed by atoms with Crippen LogP contribution in [0.15, 0.2) is 12.1 Å². The largest absolute Gasteiger partial charge is 0.493 e. The molecule has 0 aromatic heterocycles. The number of nitrogens with zero attached hydrogens (tertiary/aromatic N) is 1. The van der Waals surface area contributed by atoms with Crippen LogP contribution in [0.4, 0.5) is 8.78 Å². The quantitative estimate of drug-likeness (QED) is 0.836. The number of halogens is 3.